The third kappa shape index (κ3) is 5.01. The fraction of sp³-hybridized carbons (Fsp3) is 0.174. The predicted octanol–water partition coefficient (Wildman–Crippen LogP) is 5.04. The van der Waals surface area contributed by atoms with Crippen LogP contribution in [0.3, 0.4) is 0 Å². The molecule has 156 valence electrons. The summed E-state index contributed by atoms with van der Waals surface area (Å²) in [4.78, 5) is 12.9. The van der Waals surface area contributed by atoms with Crippen molar-refractivity contribution in [1.82, 2.24) is 0 Å². The SMILES string of the molecule is CCc1ccccc1NC(=O)CN(c1cccc(Cl)c1)S(=O)(=O)c1ccc(C)cc1. The number of amides is 1. The van der Waals surface area contributed by atoms with E-state index in [0.29, 0.717) is 16.4 Å². The van der Waals surface area contributed by atoms with E-state index in [4.69, 9.17) is 11.6 Å². The lowest BCUT2D eigenvalue weighted by atomic mass is 10.1. The molecule has 0 saturated heterocycles. The van der Waals surface area contributed by atoms with Crippen molar-refractivity contribution < 1.29 is 13.2 Å². The first-order chi connectivity index (χ1) is 14.3. The Morgan fingerprint density at radius 3 is 2.37 bits per heavy atom. The highest BCUT2D eigenvalue weighted by molar-refractivity contribution is 7.92. The van der Waals surface area contributed by atoms with E-state index in [1.165, 1.54) is 18.2 Å². The number of hydrogen-bond acceptors (Lipinski definition) is 3. The maximum absolute atomic E-state index is 13.4. The lowest BCUT2D eigenvalue weighted by molar-refractivity contribution is -0.114. The molecule has 5 nitrogen and oxygen atoms in total. The van der Waals surface area contributed by atoms with Crippen LogP contribution in [0.1, 0.15) is 18.1 Å². The van der Waals surface area contributed by atoms with Gasteiger partial charge in [-0.3, -0.25) is 9.10 Å². The minimum absolute atomic E-state index is 0.106. The summed E-state index contributed by atoms with van der Waals surface area (Å²) in [5.41, 5.74) is 2.91. The third-order valence-electron chi connectivity index (χ3n) is 4.66. The fourth-order valence-corrected chi connectivity index (χ4v) is 4.65. The van der Waals surface area contributed by atoms with Gasteiger partial charge in [0, 0.05) is 10.7 Å². The number of anilines is 2. The van der Waals surface area contributed by atoms with Gasteiger partial charge in [0.25, 0.3) is 10.0 Å². The Morgan fingerprint density at radius 2 is 1.70 bits per heavy atom. The maximum atomic E-state index is 13.4. The number of sulfonamides is 1. The minimum atomic E-state index is -3.98. The molecule has 0 aliphatic rings. The Morgan fingerprint density at radius 1 is 1.00 bits per heavy atom. The summed E-state index contributed by atoms with van der Waals surface area (Å²) in [6.07, 6.45) is 0.746. The molecule has 0 saturated carbocycles. The largest absolute Gasteiger partial charge is 0.324 e. The van der Waals surface area contributed by atoms with Crippen molar-refractivity contribution in [2.45, 2.75) is 25.2 Å². The summed E-state index contributed by atoms with van der Waals surface area (Å²) >= 11 is 6.09. The van der Waals surface area contributed by atoms with Crippen LogP contribution in [0.5, 0.6) is 0 Å². The molecule has 1 amide bonds. The molecule has 0 aliphatic heterocycles. The first kappa shape index (κ1) is 21.9. The molecule has 3 aromatic carbocycles. The topological polar surface area (TPSA) is 66.5 Å². The van der Waals surface area contributed by atoms with E-state index in [-0.39, 0.29) is 11.4 Å². The van der Waals surface area contributed by atoms with Gasteiger partial charge in [0.15, 0.2) is 0 Å². The maximum Gasteiger partial charge on any atom is 0.264 e. The molecule has 30 heavy (non-hydrogen) atoms. The summed E-state index contributed by atoms with van der Waals surface area (Å²) in [6, 6.07) is 20.4. The summed E-state index contributed by atoms with van der Waals surface area (Å²) in [5, 5.41) is 3.21. The molecular formula is C23H23ClN2O3S. The minimum Gasteiger partial charge on any atom is -0.324 e. The number of carbonyl (C=O) groups is 1. The number of para-hydroxylation sites is 1. The highest BCUT2D eigenvalue weighted by Crippen LogP contribution is 2.26. The molecule has 0 fully saturated rings. The zero-order valence-corrected chi connectivity index (χ0v) is 18.4. The molecule has 0 aromatic heterocycles. The zero-order valence-electron chi connectivity index (χ0n) is 16.8. The van der Waals surface area contributed by atoms with Crippen molar-refractivity contribution in [2.24, 2.45) is 0 Å². The Hall–Kier alpha value is -2.83. The van der Waals surface area contributed by atoms with Crippen LogP contribution in [-0.2, 0) is 21.2 Å². The Bertz CT molecular complexity index is 1150. The van der Waals surface area contributed by atoms with Gasteiger partial charge in [-0.25, -0.2) is 8.42 Å². The zero-order chi connectivity index (χ0) is 21.7. The molecule has 0 bridgehead atoms. The molecule has 0 radical (unpaired) electrons. The molecule has 3 aromatic rings. The van der Waals surface area contributed by atoms with E-state index >= 15 is 0 Å². The summed E-state index contributed by atoms with van der Waals surface area (Å²) in [7, 11) is -3.98. The van der Waals surface area contributed by atoms with Gasteiger partial charge in [-0.2, -0.15) is 0 Å². The first-order valence-corrected chi connectivity index (χ1v) is 11.4. The molecule has 0 spiro atoms. The van der Waals surface area contributed by atoms with E-state index in [1.54, 1.807) is 36.4 Å². The van der Waals surface area contributed by atoms with Crippen molar-refractivity contribution in [1.29, 1.82) is 0 Å². The quantitative estimate of drug-likeness (QED) is 0.557. The average molecular weight is 443 g/mol. The van der Waals surface area contributed by atoms with Crippen LogP contribution in [0, 0.1) is 6.92 Å². The van der Waals surface area contributed by atoms with Crippen molar-refractivity contribution in [2.75, 3.05) is 16.2 Å². The number of rotatable bonds is 7. The predicted molar refractivity (Wildman–Crippen MR) is 122 cm³/mol. The van der Waals surface area contributed by atoms with E-state index < -0.39 is 15.9 Å². The number of halogens is 1. The number of aryl methyl sites for hydroxylation is 2. The van der Waals surface area contributed by atoms with Gasteiger partial charge in [-0.05, 0) is 55.3 Å². The van der Waals surface area contributed by atoms with Gasteiger partial charge in [-0.1, -0.05) is 60.5 Å². The molecular weight excluding hydrogens is 420 g/mol. The van der Waals surface area contributed by atoms with Crippen molar-refractivity contribution in [3.8, 4) is 0 Å². The lowest BCUT2D eigenvalue weighted by Crippen LogP contribution is -2.38. The van der Waals surface area contributed by atoms with Crippen LogP contribution in [0.2, 0.25) is 5.02 Å². The average Bonchev–Trinajstić information content (AvgIpc) is 2.72. The van der Waals surface area contributed by atoms with Gasteiger partial charge in [0.05, 0.1) is 10.6 Å². The molecule has 0 aliphatic carbocycles. The normalized spacial score (nSPS) is 11.2. The van der Waals surface area contributed by atoms with Crippen LogP contribution in [0.25, 0.3) is 0 Å². The summed E-state index contributed by atoms with van der Waals surface area (Å²) in [5.74, 6) is -0.438. The Kier molecular flexibility index (Phi) is 6.80. The van der Waals surface area contributed by atoms with E-state index in [0.717, 1.165) is 21.9 Å². The van der Waals surface area contributed by atoms with Crippen LogP contribution in [0.4, 0.5) is 11.4 Å². The Labute approximate surface area is 182 Å². The number of benzene rings is 3. The van der Waals surface area contributed by atoms with Crippen LogP contribution in [0.15, 0.2) is 77.7 Å². The fourth-order valence-electron chi connectivity index (χ4n) is 3.05. The monoisotopic (exact) mass is 442 g/mol. The van der Waals surface area contributed by atoms with Gasteiger partial charge >= 0.3 is 0 Å². The van der Waals surface area contributed by atoms with Gasteiger partial charge < -0.3 is 5.32 Å². The molecule has 0 unspecified atom stereocenters. The smallest absolute Gasteiger partial charge is 0.264 e. The second-order valence-corrected chi connectivity index (χ2v) is 9.16. The highest BCUT2D eigenvalue weighted by Gasteiger charge is 2.27. The first-order valence-electron chi connectivity index (χ1n) is 9.54. The van der Waals surface area contributed by atoms with Crippen molar-refractivity contribution >= 4 is 38.9 Å². The molecule has 3 rings (SSSR count). The van der Waals surface area contributed by atoms with Gasteiger partial charge in [0.2, 0.25) is 5.91 Å². The van der Waals surface area contributed by atoms with Crippen LogP contribution >= 0.6 is 11.6 Å². The number of nitrogens with zero attached hydrogens (tertiary/aromatic N) is 1. The van der Waals surface area contributed by atoms with E-state index in [9.17, 15) is 13.2 Å². The second kappa shape index (κ2) is 9.32. The number of carbonyl (C=O) groups excluding carboxylic acids is 1. The molecule has 7 heteroatoms. The van der Waals surface area contributed by atoms with Crippen molar-refractivity contribution in [3.05, 3.63) is 88.9 Å². The second-order valence-electron chi connectivity index (χ2n) is 6.86. The molecule has 0 atom stereocenters. The highest BCUT2D eigenvalue weighted by atomic mass is 35.5. The third-order valence-corrected chi connectivity index (χ3v) is 6.69. The van der Waals surface area contributed by atoms with Gasteiger partial charge in [0.1, 0.15) is 6.54 Å². The van der Waals surface area contributed by atoms with E-state index in [1.807, 2.05) is 32.0 Å². The van der Waals surface area contributed by atoms with E-state index in [2.05, 4.69) is 5.32 Å². The van der Waals surface area contributed by atoms with Crippen molar-refractivity contribution in [3.63, 3.8) is 0 Å². The van der Waals surface area contributed by atoms with Crippen LogP contribution in [-0.4, -0.2) is 20.9 Å². The Balaban J connectivity index is 1.96. The number of nitrogens with one attached hydrogen (secondary N) is 1. The molecule has 0 heterocycles. The van der Waals surface area contributed by atoms with Crippen LogP contribution < -0.4 is 9.62 Å². The standard InChI is InChI=1S/C23H23ClN2O3S/c1-3-18-7-4-5-10-22(18)25-23(27)16-26(20-9-6-8-19(24)15-20)30(28,29)21-13-11-17(2)12-14-21/h4-15H,3,16H2,1-2H3,(H,25,27). The molecule has 1 N–H and O–H groups in total. The summed E-state index contributed by atoms with van der Waals surface area (Å²) in [6.45, 7) is 3.49. The van der Waals surface area contributed by atoms with Gasteiger partial charge in [-0.15, -0.1) is 0 Å². The summed E-state index contributed by atoms with van der Waals surface area (Å²) < 4.78 is 27.8. The number of hydrogen-bond donors (Lipinski definition) is 1. The lowest BCUT2D eigenvalue weighted by Gasteiger charge is -2.24.